The normalized spacial score (nSPS) is 21.6. The molecule has 0 amide bonds. The molecule has 2 heterocycles. The Hall–Kier alpha value is -1.79. The van der Waals surface area contributed by atoms with Crippen LogP contribution in [0.2, 0.25) is 0 Å². The first-order valence-electron chi connectivity index (χ1n) is 8.66. The number of fused-ring (bicyclic) bond motifs is 1. The van der Waals surface area contributed by atoms with Crippen LogP contribution in [0.1, 0.15) is 36.9 Å². The molecule has 1 unspecified atom stereocenters. The first kappa shape index (κ1) is 17.0. The Labute approximate surface area is 143 Å². The number of rotatable bonds is 5. The van der Waals surface area contributed by atoms with E-state index in [0.717, 1.165) is 50.1 Å². The van der Waals surface area contributed by atoms with Crippen LogP contribution in [0.3, 0.4) is 0 Å². The highest BCUT2D eigenvalue weighted by atomic mass is 16.5. The van der Waals surface area contributed by atoms with Gasteiger partial charge in [-0.2, -0.15) is 0 Å². The summed E-state index contributed by atoms with van der Waals surface area (Å²) in [6, 6.07) is 1.11. The van der Waals surface area contributed by atoms with Crippen LogP contribution < -0.4 is 9.47 Å². The van der Waals surface area contributed by atoms with Gasteiger partial charge in [-0.15, -0.1) is 0 Å². The van der Waals surface area contributed by atoms with E-state index in [1.54, 1.807) is 6.07 Å². The molecule has 0 radical (unpaired) electrons. The molecule has 0 aliphatic carbocycles. The second-order valence-corrected chi connectivity index (χ2v) is 6.63. The van der Waals surface area contributed by atoms with Gasteiger partial charge in [0.05, 0.1) is 6.61 Å². The number of carbonyl (C=O) groups is 1. The van der Waals surface area contributed by atoms with Crippen molar-refractivity contribution in [1.82, 2.24) is 9.80 Å². The highest BCUT2D eigenvalue weighted by molar-refractivity contribution is 5.88. The Kier molecular flexibility index (Phi) is 4.96. The fraction of sp³-hybridized carbons (Fsp3) is 0.611. The second kappa shape index (κ2) is 6.99. The van der Waals surface area contributed by atoms with Gasteiger partial charge in [0.15, 0.2) is 11.5 Å². The van der Waals surface area contributed by atoms with Crippen LogP contribution in [0.5, 0.6) is 17.2 Å². The summed E-state index contributed by atoms with van der Waals surface area (Å²) >= 11 is 0. The Bertz CT molecular complexity index is 624. The van der Waals surface area contributed by atoms with Crippen LogP contribution >= 0.6 is 0 Å². The first-order chi connectivity index (χ1) is 11.5. The molecule has 0 aromatic heterocycles. The lowest BCUT2D eigenvalue weighted by molar-refractivity contribution is -0.138. The third-order valence-corrected chi connectivity index (χ3v) is 4.88. The van der Waals surface area contributed by atoms with E-state index < -0.39 is 6.04 Å². The molecular weight excluding hydrogens is 308 g/mol. The van der Waals surface area contributed by atoms with Crippen LogP contribution in [0.15, 0.2) is 6.07 Å². The predicted molar refractivity (Wildman–Crippen MR) is 90.7 cm³/mol. The summed E-state index contributed by atoms with van der Waals surface area (Å²) in [5.41, 5.74) is 1.64. The van der Waals surface area contributed by atoms with E-state index in [4.69, 9.17) is 9.47 Å². The van der Waals surface area contributed by atoms with E-state index in [0.29, 0.717) is 18.1 Å². The average Bonchev–Trinajstić information content (AvgIpc) is 2.91. The van der Waals surface area contributed by atoms with E-state index in [-0.39, 0.29) is 11.7 Å². The van der Waals surface area contributed by atoms with Gasteiger partial charge in [0.1, 0.15) is 11.8 Å². The lowest BCUT2D eigenvalue weighted by Crippen LogP contribution is -2.47. The number of phenols is 1. The van der Waals surface area contributed by atoms with Crippen molar-refractivity contribution in [2.24, 2.45) is 0 Å². The molecule has 1 atom stereocenters. The van der Waals surface area contributed by atoms with Gasteiger partial charge >= 0.3 is 5.97 Å². The highest BCUT2D eigenvalue weighted by Crippen LogP contribution is 2.48. The molecule has 3 rings (SSSR count). The Morgan fingerprint density at radius 1 is 1.33 bits per heavy atom. The van der Waals surface area contributed by atoms with Crippen molar-refractivity contribution < 1.29 is 19.4 Å². The highest BCUT2D eigenvalue weighted by Gasteiger charge is 2.42. The number of hydrogen-bond donors (Lipinski definition) is 1. The zero-order valence-corrected chi connectivity index (χ0v) is 14.7. The van der Waals surface area contributed by atoms with Crippen molar-refractivity contribution in [3.63, 3.8) is 0 Å². The molecular formula is C18H26N2O4. The number of phenolic OH excluding ortho intramolecular Hbond substituents is 1. The number of likely N-dealkylation sites (N-methyl/N-ethyl adjacent to an activating group) is 1. The number of nitrogens with zero attached hydrogens (tertiary/aromatic N) is 2. The van der Waals surface area contributed by atoms with E-state index >= 15 is 0 Å². The minimum atomic E-state index is -0.450. The van der Waals surface area contributed by atoms with Gasteiger partial charge in [-0.25, -0.2) is 4.79 Å². The number of ether oxygens (including phenoxy) is 2. The maximum absolute atomic E-state index is 12.5. The summed E-state index contributed by atoms with van der Waals surface area (Å²) in [5, 5.41) is 10.3. The molecule has 2 aliphatic rings. The smallest absolute Gasteiger partial charge is 0.333 e. The number of aromatic hydroxyl groups is 1. The monoisotopic (exact) mass is 334 g/mol. The first-order valence-corrected chi connectivity index (χ1v) is 8.66. The van der Waals surface area contributed by atoms with Crippen LogP contribution in [0.4, 0.5) is 0 Å². The van der Waals surface area contributed by atoms with Crippen LogP contribution in [-0.4, -0.2) is 60.7 Å². The number of piperazine rings is 1. The van der Waals surface area contributed by atoms with Crippen molar-refractivity contribution >= 4 is 5.97 Å². The van der Waals surface area contributed by atoms with Crippen LogP contribution in [0, 0.1) is 6.92 Å². The van der Waals surface area contributed by atoms with Gasteiger partial charge in [0.2, 0.25) is 0 Å². The molecule has 1 N–H and O–H groups in total. The Morgan fingerprint density at radius 2 is 2.04 bits per heavy atom. The minimum absolute atomic E-state index is 0.0212. The molecule has 24 heavy (non-hydrogen) atoms. The van der Waals surface area contributed by atoms with Crippen LogP contribution in [0.25, 0.3) is 0 Å². The fourth-order valence-electron chi connectivity index (χ4n) is 3.34. The quantitative estimate of drug-likeness (QED) is 0.505. The predicted octanol–water partition coefficient (Wildman–Crippen LogP) is 2.09. The lowest BCUT2D eigenvalue weighted by Gasteiger charge is -2.35. The van der Waals surface area contributed by atoms with Gasteiger partial charge in [-0.1, -0.05) is 13.3 Å². The van der Waals surface area contributed by atoms with Crippen molar-refractivity contribution in [3.05, 3.63) is 17.2 Å². The van der Waals surface area contributed by atoms with E-state index in [9.17, 15) is 9.90 Å². The topological polar surface area (TPSA) is 62.2 Å². The molecule has 6 heteroatoms. The van der Waals surface area contributed by atoms with Crippen molar-refractivity contribution in [2.45, 2.75) is 32.7 Å². The van der Waals surface area contributed by atoms with Gasteiger partial charge in [0, 0.05) is 43.4 Å². The van der Waals surface area contributed by atoms with Crippen molar-refractivity contribution in [3.8, 4) is 17.2 Å². The standard InChI is InChI=1S/C18H26N2O4/c1-4-5-10-23-14-11-13(21)17-15(12(14)2)16(18(22)24-17)20-8-6-19(3)7-9-20/h11,16,21H,4-10H2,1-3H3. The molecule has 0 bridgehead atoms. The molecule has 1 saturated heterocycles. The van der Waals surface area contributed by atoms with Gasteiger partial charge < -0.3 is 19.5 Å². The minimum Gasteiger partial charge on any atom is -0.504 e. The molecule has 0 spiro atoms. The summed E-state index contributed by atoms with van der Waals surface area (Å²) in [7, 11) is 2.08. The summed E-state index contributed by atoms with van der Waals surface area (Å²) in [5.74, 6) is 0.604. The molecule has 6 nitrogen and oxygen atoms in total. The SMILES string of the molecule is CCCCOc1cc(O)c2c(c1C)C(N1CCN(C)CC1)C(=O)O2. The van der Waals surface area contributed by atoms with Crippen LogP contribution in [-0.2, 0) is 4.79 Å². The van der Waals surface area contributed by atoms with E-state index in [2.05, 4.69) is 23.8 Å². The summed E-state index contributed by atoms with van der Waals surface area (Å²) < 4.78 is 11.2. The van der Waals surface area contributed by atoms with E-state index in [1.165, 1.54) is 0 Å². The average molecular weight is 334 g/mol. The largest absolute Gasteiger partial charge is 0.504 e. The van der Waals surface area contributed by atoms with Crippen molar-refractivity contribution in [1.29, 1.82) is 0 Å². The zero-order chi connectivity index (χ0) is 17.3. The van der Waals surface area contributed by atoms with Gasteiger partial charge in [0.25, 0.3) is 0 Å². The third-order valence-electron chi connectivity index (χ3n) is 4.88. The Balaban J connectivity index is 1.92. The summed E-state index contributed by atoms with van der Waals surface area (Å²) in [6.07, 6.45) is 2.00. The molecule has 1 fully saturated rings. The maximum Gasteiger partial charge on any atom is 0.333 e. The number of carbonyl (C=O) groups excluding carboxylic acids is 1. The maximum atomic E-state index is 12.5. The van der Waals surface area contributed by atoms with Crippen molar-refractivity contribution in [2.75, 3.05) is 39.8 Å². The summed E-state index contributed by atoms with van der Waals surface area (Å²) in [6.45, 7) is 8.07. The number of unbranched alkanes of at least 4 members (excludes halogenated alkanes) is 1. The molecule has 2 aliphatic heterocycles. The van der Waals surface area contributed by atoms with Gasteiger partial charge in [-0.05, 0) is 20.4 Å². The number of esters is 1. The zero-order valence-electron chi connectivity index (χ0n) is 14.7. The van der Waals surface area contributed by atoms with E-state index in [1.807, 2.05) is 6.92 Å². The second-order valence-electron chi connectivity index (χ2n) is 6.63. The number of benzene rings is 1. The molecule has 132 valence electrons. The fourth-order valence-corrected chi connectivity index (χ4v) is 3.34. The molecule has 0 saturated carbocycles. The third kappa shape index (κ3) is 3.08. The Morgan fingerprint density at radius 3 is 2.71 bits per heavy atom. The lowest BCUT2D eigenvalue weighted by atomic mass is 9.98. The summed E-state index contributed by atoms with van der Waals surface area (Å²) in [4.78, 5) is 16.8. The molecule has 1 aromatic carbocycles. The number of hydrogen-bond acceptors (Lipinski definition) is 6. The molecule has 1 aromatic rings. The van der Waals surface area contributed by atoms with Gasteiger partial charge in [-0.3, -0.25) is 4.90 Å².